The zero-order valence-corrected chi connectivity index (χ0v) is 19.4. The standard InChI is InChI=1S/C27H37N3O/c1-4-5-6-12-19-30-25-14-10-9-13-24(25)29-26(30)15-8-7-11-18-28-27(31)23-17-16-21(2)20-22(23)3/h9-10,13-14,16-17,20H,4-8,11-12,15,18-19H2,1-3H3,(H,28,31). The van der Waals surface area contributed by atoms with Crippen molar-refractivity contribution in [3.05, 3.63) is 65.0 Å². The van der Waals surface area contributed by atoms with Crippen LogP contribution in [0.3, 0.4) is 0 Å². The van der Waals surface area contributed by atoms with Crippen LogP contribution in [0.5, 0.6) is 0 Å². The number of nitrogens with zero attached hydrogens (tertiary/aromatic N) is 2. The summed E-state index contributed by atoms with van der Waals surface area (Å²) in [5.74, 6) is 1.24. The van der Waals surface area contributed by atoms with Crippen LogP contribution in [0.1, 0.15) is 79.2 Å². The van der Waals surface area contributed by atoms with Crippen molar-refractivity contribution < 1.29 is 4.79 Å². The van der Waals surface area contributed by atoms with Crippen LogP contribution in [-0.2, 0) is 13.0 Å². The summed E-state index contributed by atoms with van der Waals surface area (Å²) in [6.07, 6.45) is 9.23. The maximum Gasteiger partial charge on any atom is 0.251 e. The Kier molecular flexibility index (Phi) is 8.69. The smallest absolute Gasteiger partial charge is 0.251 e. The number of nitrogens with one attached hydrogen (secondary N) is 1. The fourth-order valence-electron chi connectivity index (χ4n) is 4.21. The van der Waals surface area contributed by atoms with Crippen LogP contribution in [-0.4, -0.2) is 22.0 Å². The lowest BCUT2D eigenvalue weighted by Gasteiger charge is -2.10. The van der Waals surface area contributed by atoms with Gasteiger partial charge in [0.1, 0.15) is 5.82 Å². The third-order valence-corrected chi connectivity index (χ3v) is 5.96. The molecule has 0 fully saturated rings. The average molecular weight is 420 g/mol. The minimum absolute atomic E-state index is 0.0337. The summed E-state index contributed by atoms with van der Waals surface area (Å²) >= 11 is 0. The van der Waals surface area contributed by atoms with Crippen LogP contribution in [0.15, 0.2) is 42.5 Å². The molecule has 0 saturated heterocycles. The van der Waals surface area contributed by atoms with Crippen molar-refractivity contribution in [2.75, 3.05) is 6.54 Å². The minimum atomic E-state index is 0.0337. The van der Waals surface area contributed by atoms with Crippen molar-refractivity contribution in [3.63, 3.8) is 0 Å². The van der Waals surface area contributed by atoms with E-state index < -0.39 is 0 Å². The first-order valence-electron chi connectivity index (χ1n) is 11.9. The fourth-order valence-corrected chi connectivity index (χ4v) is 4.21. The zero-order chi connectivity index (χ0) is 22.1. The Labute approximate surface area is 187 Å². The minimum Gasteiger partial charge on any atom is -0.352 e. The van der Waals surface area contributed by atoms with Gasteiger partial charge < -0.3 is 9.88 Å². The number of imidazole rings is 1. The quantitative estimate of drug-likeness (QED) is 0.346. The number of fused-ring (bicyclic) bond motifs is 1. The molecule has 0 saturated carbocycles. The molecule has 2 aromatic carbocycles. The number of aryl methyl sites for hydroxylation is 4. The van der Waals surface area contributed by atoms with Gasteiger partial charge in [0.15, 0.2) is 0 Å². The Balaban J connectivity index is 1.46. The molecule has 0 spiro atoms. The number of rotatable bonds is 12. The molecule has 0 aliphatic rings. The molecule has 0 aliphatic carbocycles. The van der Waals surface area contributed by atoms with E-state index in [1.54, 1.807) is 0 Å². The summed E-state index contributed by atoms with van der Waals surface area (Å²) in [6, 6.07) is 14.5. The number of hydrogen-bond acceptors (Lipinski definition) is 2. The van der Waals surface area contributed by atoms with Gasteiger partial charge in [0.2, 0.25) is 0 Å². The maximum absolute atomic E-state index is 12.4. The van der Waals surface area contributed by atoms with Gasteiger partial charge in [-0.15, -0.1) is 0 Å². The number of para-hydroxylation sites is 2. The number of benzene rings is 2. The summed E-state index contributed by atoms with van der Waals surface area (Å²) in [6.45, 7) is 8.08. The number of carbonyl (C=O) groups excluding carboxylic acids is 1. The lowest BCUT2D eigenvalue weighted by Crippen LogP contribution is -2.25. The monoisotopic (exact) mass is 419 g/mol. The first-order chi connectivity index (χ1) is 15.1. The van der Waals surface area contributed by atoms with Gasteiger partial charge in [0.05, 0.1) is 11.0 Å². The van der Waals surface area contributed by atoms with Gasteiger partial charge in [-0.05, 0) is 56.9 Å². The maximum atomic E-state index is 12.4. The predicted molar refractivity (Wildman–Crippen MR) is 130 cm³/mol. The highest BCUT2D eigenvalue weighted by atomic mass is 16.1. The first-order valence-corrected chi connectivity index (χ1v) is 11.9. The van der Waals surface area contributed by atoms with E-state index in [2.05, 4.69) is 47.1 Å². The van der Waals surface area contributed by atoms with E-state index in [1.165, 1.54) is 42.6 Å². The zero-order valence-electron chi connectivity index (χ0n) is 19.4. The SMILES string of the molecule is CCCCCCn1c(CCCCCNC(=O)c2ccc(C)cc2C)nc2ccccc21. The van der Waals surface area contributed by atoms with Crippen molar-refractivity contribution in [3.8, 4) is 0 Å². The molecule has 0 radical (unpaired) electrons. The molecule has 0 bridgehead atoms. The highest BCUT2D eigenvalue weighted by Crippen LogP contribution is 2.19. The van der Waals surface area contributed by atoms with Crippen LogP contribution in [0.2, 0.25) is 0 Å². The molecule has 0 aliphatic heterocycles. The van der Waals surface area contributed by atoms with E-state index in [9.17, 15) is 4.79 Å². The number of aromatic nitrogens is 2. The lowest BCUT2D eigenvalue weighted by atomic mass is 10.1. The lowest BCUT2D eigenvalue weighted by molar-refractivity contribution is 0.0952. The Bertz CT molecular complexity index is 989. The van der Waals surface area contributed by atoms with E-state index in [0.717, 1.165) is 55.4 Å². The van der Waals surface area contributed by atoms with Crippen LogP contribution in [0.25, 0.3) is 11.0 Å². The van der Waals surface area contributed by atoms with Gasteiger partial charge >= 0.3 is 0 Å². The van der Waals surface area contributed by atoms with Crippen molar-refractivity contribution in [2.24, 2.45) is 0 Å². The Morgan fingerprint density at radius 3 is 2.58 bits per heavy atom. The third kappa shape index (κ3) is 6.43. The van der Waals surface area contributed by atoms with E-state index in [1.807, 2.05) is 26.0 Å². The van der Waals surface area contributed by atoms with E-state index in [0.29, 0.717) is 0 Å². The molecule has 1 amide bonds. The van der Waals surface area contributed by atoms with Gasteiger partial charge in [0.25, 0.3) is 5.91 Å². The summed E-state index contributed by atoms with van der Waals surface area (Å²) in [5, 5.41) is 3.07. The Morgan fingerprint density at radius 1 is 0.968 bits per heavy atom. The average Bonchev–Trinajstić information content (AvgIpc) is 3.11. The summed E-state index contributed by atoms with van der Waals surface area (Å²) in [5.41, 5.74) is 5.37. The summed E-state index contributed by atoms with van der Waals surface area (Å²) in [7, 11) is 0. The number of hydrogen-bond donors (Lipinski definition) is 1. The molecule has 0 unspecified atom stereocenters. The van der Waals surface area contributed by atoms with Crippen LogP contribution in [0, 0.1) is 13.8 Å². The molecule has 3 rings (SSSR count). The molecule has 166 valence electrons. The number of carbonyl (C=O) groups is 1. The van der Waals surface area contributed by atoms with Crippen molar-refractivity contribution >= 4 is 16.9 Å². The van der Waals surface area contributed by atoms with E-state index >= 15 is 0 Å². The Morgan fingerprint density at radius 2 is 1.77 bits per heavy atom. The number of amides is 1. The van der Waals surface area contributed by atoms with Gasteiger partial charge in [0, 0.05) is 25.1 Å². The molecule has 0 atom stereocenters. The van der Waals surface area contributed by atoms with Crippen LogP contribution in [0.4, 0.5) is 0 Å². The molecule has 1 N–H and O–H groups in total. The second-order valence-electron chi connectivity index (χ2n) is 8.61. The van der Waals surface area contributed by atoms with Gasteiger partial charge in [-0.3, -0.25) is 4.79 Å². The third-order valence-electron chi connectivity index (χ3n) is 5.96. The van der Waals surface area contributed by atoms with Crippen molar-refractivity contribution in [2.45, 2.75) is 78.7 Å². The molecular formula is C27H37N3O. The summed E-state index contributed by atoms with van der Waals surface area (Å²) < 4.78 is 2.42. The summed E-state index contributed by atoms with van der Waals surface area (Å²) in [4.78, 5) is 17.3. The van der Waals surface area contributed by atoms with Crippen molar-refractivity contribution in [1.29, 1.82) is 0 Å². The van der Waals surface area contributed by atoms with Crippen LogP contribution < -0.4 is 5.32 Å². The fraction of sp³-hybridized carbons (Fsp3) is 0.481. The second kappa shape index (κ2) is 11.7. The van der Waals surface area contributed by atoms with Gasteiger partial charge in [-0.25, -0.2) is 4.98 Å². The predicted octanol–water partition coefficient (Wildman–Crippen LogP) is 6.38. The topological polar surface area (TPSA) is 46.9 Å². The molecular weight excluding hydrogens is 382 g/mol. The number of unbranched alkanes of at least 4 members (excludes halogenated alkanes) is 5. The normalized spacial score (nSPS) is 11.2. The largest absolute Gasteiger partial charge is 0.352 e. The van der Waals surface area contributed by atoms with Crippen molar-refractivity contribution in [1.82, 2.24) is 14.9 Å². The van der Waals surface area contributed by atoms with E-state index in [4.69, 9.17) is 4.98 Å². The van der Waals surface area contributed by atoms with E-state index in [-0.39, 0.29) is 5.91 Å². The molecule has 4 heteroatoms. The molecule has 31 heavy (non-hydrogen) atoms. The molecule has 1 aromatic heterocycles. The first kappa shape index (κ1) is 23.1. The molecule has 3 aromatic rings. The molecule has 1 heterocycles. The van der Waals surface area contributed by atoms with Gasteiger partial charge in [-0.2, -0.15) is 0 Å². The highest BCUT2D eigenvalue weighted by molar-refractivity contribution is 5.95. The van der Waals surface area contributed by atoms with Crippen LogP contribution >= 0.6 is 0 Å². The Hall–Kier alpha value is -2.62. The molecule has 4 nitrogen and oxygen atoms in total. The van der Waals surface area contributed by atoms with Gasteiger partial charge in [-0.1, -0.05) is 62.4 Å². The second-order valence-corrected chi connectivity index (χ2v) is 8.61. The highest BCUT2D eigenvalue weighted by Gasteiger charge is 2.11.